The van der Waals surface area contributed by atoms with Crippen LogP contribution in [0, 0.1) is 0 Å². The summed E-state index contributed by atoms with van der Waals surface area (Å²) in [5, 5.41) is 11.3. The highest BCUT2D eigenvalue weighted by Crippen LogP contribution is 2.06. The summed E-state index contributed by atoms with van der Waals surface area (Å²) in [6, 6.07) is 0. The van der Waals surface area contributed by atoms with E-state index in [-0.39, 0.29) is 12.3 Å². The van der Waals surface area contributed by atoms with Crippen LogP contribution >= 0.6 is 0 Å². The summed E-state index contributed by atoms with van der Waals surface area (Å²) in [6.07, 6.45) is -1.81. The Morgan fingerprint density at radius 1 is 1.43 bits per heavy atom. The van der Waals surface area contributed by atoms with Gasteiger partial charge in [-0.15, -0.1) is 0 Å². The average Bonchev–Trinajstić information content (AvgIpc) is 1.96. The normalized spacial score (nSPS) is 13.2. The van der Waals surface area contributed by atoms with E-state index in [1.807, 2.05) is 0 Å². The number of carbonyl (C=O) groups excluding carboxylic acids is 2. The number of alkyl carbamates (subject to hydrolysis) is 1. The van der Waals surface area contributed by atoms with Crippen LogP contribution < -0.4 is 5.32 Å². The zero-order chi connectivity index (χ0) is 11.4. The van der Waals surface area contributed by atoms with Gasteiger partial charge in [-0.1, -0.05) is 0 Å². The minimum Gasteiger partial charge on any atom is -0.444 e. The largest absolute Gasteiger partial charge is 0.444 e. The smallest absolute Gasteiger partial charge is 0.407 e. The maximum atomic E-state index is 11.0. The highest BCUT2D eigenvalue weighted by atomic mass is 16.6. The molecule has 0 fully saturated rings. The van der Waals surface area contributed by atoms with Crippen LogP contribution in [0.4, 0.5) is 4.79 Å². The summed E-state index contributed by atoms with van der Waals surface area (Å²) in [6.45, 7) is 6.32. The maximum Gasteiger partial charge on any atom is 0.407 e. The van der Waals surface area contributed by atoms with Gasteiger partial charge in [-0.2, -0.15) is 0 Å². The van der Waals surface area contributed by atoms with Gasteiger partial charge < -0.3 is 15.2 Å². The first-order chi connectivity index (χ1) is 6.22. The molecule has 0 spiro atoms. The molecule has 2 N–H and O–H groups in total. The Morgan fingerprint density at radius 2 is 1.93 bits per heavy atom. The van der Waals surface area contributed by atoms with Gasteiger partial charge in [0.05, 0.1) is 6.54 Å². The van der Waals surface area contributed by atoms with Crippen LogP contribution in [0.5, 0.6) is 0 Å². The first kappa shape index (κ1) is 12.9. The molecule has 0 aromatic carbocycles. The van der Waals surface area contributed by atoms with Crippen molar-refractivity contribution in [3.8, 4) is 0 Å². The van der Waals surface area contributed by atoms with E-state index in [1.165, 1.54) is 6.92 Å². The molecule has 0 heterocycles. The number of Topliss-reactive ketones (excluding diaryl/α,β-unsaturated/α-hetero) is 1. The van der Waals surface area contributed by atoms with E-state index in [1.54, 1.807) is 20.8 Å². The molecule has 0 aromatic heterocycles. The number of amides is 1. The molecule has 0 saturated carbocycles. The van der Waals surface area contributed by atoms with E-state index < -0.39 is 17.8 Å². The molecule has 1 amide bonds. The van der Waals surface area contributed by atoms with Crippen LogP contribution in [-0.2, 0) is 9.53 Å². The van der Waals surface area contributed by atoms with Crippen molar-refractivity contribution in [1.29, 1.82) is 0 Å². The minimum absolute atomic E-state index is 0.121. The van der Waals surface area contributed by atoms with E-state index in [9.17, 15) is 9.59 Å². The highest BCUT2D eigenvalue weighted by Gasteiger charge is 2.17. The molecule has 0 aliphatic rings. The minimum atomic E-state index is -1.16. The first-order valence-corrected chi connectivity index (χ1v) is 4.38. The predicted octanol–water partition coefficient (Wildman–Crippen LogP) is 0.461. The molecule has 0 radical (unpaired) electrons. The summed E-state index contributed by atoms with van der Waals surface area (Å²) in [7, 11) is 0. The average molecular weight is 203 g/mol. The van der Waals surface area contributed by atoms with Gasteiger partial charge in [0.1, 0.15) is 11.7 Å². The second-order valence-electron chi connectivity index (χ2n) is 4.01. The zero-order valence-electron chi connectivity index (χ0n) is 8.96. The van der Waals surface area contributed by atoms with Gasteiger partial charge in [-0.25, -0.2) is 4.79 Å². The standard InChI is InChI=1S/C9H17NO4/c1-6(11)7(12)5-10-8(13)14-9(2,3)4/h7,12H,5H2,1-4H3,(H,10,13)/t7-/m0/s1. The van der Waals surface area contributed by atoms with Crippen molar-refractivity contribution in [1.82, 2.24) is 5.32 Å². The lowest BCUT2D eigenvalue weighted by molar-refractivity contribution is -0.124. The molecule has 82 valence electrons. The lowest BCUT2D eigenvalue weighted by Gasteiger charge is -2.20. The van der Waals surface area contributed by atoms with Gasteiger partial charge in [-0.05, 0) is 27.7 Å². The molecule has 0 aliphatic carbocycles. The second-order valence-corrected chi connectivity index (χ2v) is 4.01. The third-order valence-electron chi connectivity index (χ3n) is 1.31. The number of ketones is 1. The Labute approximate surface area is 83.4 Å². The van der Waals surface area contributed by atoms with Crippen LogP contribution in [0.15, 0.2) is 0 Å². The number of hydrogen-bond donors (Lipinski definition) is 2. The van der Waals surface area contributed by atoms with Crippen LogP contribution in [0.3, 0.4) is 0 Å². The first-order valence-electron chi connectivity index (χ1n) is 4.38. The summed E-state index contributed by atoms with van der Waals surface area (Å²) in [5.41, 5.74) is -0.578. The van der Waals surface area contributed by atoms with Gasteiger partial charge in [0.25, 0.3) is 0 Å². The molecule has 0 saturated heterocycles. The van der Waals surface area contributed by atoms with Gasteiger partial charge >= 0.3 is 6.09 Å². The Bertz CT molecular complexity index is 219. The molecule has 0 unspecified atom stereocenters. The van der Waals surface area contributed by atoms with E-state index in [0.717, 1.165) is 0 Å². The fourth-order valence-corrected chi connectivity index (χ4v) is 0.638. The number of rotatable bonds is 3. The van der Waals surface area contributed by atoms with Gasteiger partial charge in [-0.3, -0.25) is 4.79 Å². The fourth-order valence-electron chi connectivity index (χ4n) is 0.638. The Morgan fingerprint density at radius 3 is 2.29 bits per heavy atom. The summed E-state index contributed by atoms with van der Waals surface area (Å²) in [4.78, 5) is 21.6. The maximum absolute atomic E-state index is 11.0. The molecule has 0 aliphatic heterocycles. The highest BCUT2D eigenvalue weighted by molar-refractivity contribution is 5.81. The Hall–Kier alpha value is -1.10. The predicted molar refractivity (Wildman–Crippen MR) is 50.9 cm³/mol. The number of ether oxygens (including phenoxy) is 1. The van der Waals surface area contributed by atoms with Crippen LogP contribution in [0.2, 0.25) is 0 Å². The van der Waals surface area contributed by atoms with Gasteiger partial charge in [0.15, 0.2) is 5.78 Å². The molecule has 0 rings (SSSR count). The number of aliphatic hydroxyl groups excluding tert-OH is 1. The quantitative estimate of drug-likeness (QED) is 0.698. The third-order valence-corrected chi connectivity index (χ3v) is 1.31. The van der Waals surface area contributed by atoms with Crippen molar-refractivity contribution in [3.63, 3.8) is 0 Å². The number of carbonyl (C=O) groups is 2. The Balaban J connectivity index is 3.81. The van der Waals surface area contributed by atoms with E-state index in [0.29, 0.717) is 0 Å². The summed E-state index contributed by atoms with van der Waals surface area (Å²) in [5.74, 6) is -0.388. The van der Waals surface area contributed by atoms with Crippen molar-refractivity contribution in [2.75, 3.05) is 6.54 Å². The summed E-state index contributed by atoms with van der Waals surface area (Å²) < 4.78 is 4.90. The molecule has 0 aromatic rings. The molecular weight excluding hydrogens is 186 g/mol. The summed E-state index contributed by atoms with van der Waals surface area (Å²) >= 11 is 0. The number of nitrogens with one attached hydrogen (secondary N) is 1. The molecule has 5 nitrogen and oxygen atoms in total. The van der Waals surface area contributed by atoms with E-state index in [2.05, 4.69) is 5.32 Å². The monoisotopic (exact) mass is 203 g/mol. The van der Waals surface area contributed by atoms with Crippen molar-refractivity contribution in [2.45, 2.75) is 39.4 Å². The zero-order valence-corrected chi connectivity index (χ0v) is 8.96. The van der Waals surface area contributed by atoms with Crippen molar-refractivity contribution >= 4 is 11.9 Å². The van der Waals surface area contributed by atoms with E-state index in [4.69, 9.17) is 9.84 Å². The molecule has 5 heteroatoms. The number of hydrogen-bond acceptors (Lipinski definition) is 4. The lowest BCUT2D eigenvalue weighted by Crippen LogP contribution is -2.39. The third kappa shape index (κ3) is 6.42. The van der Waals surface area contributed by atoms with E-state index >= 15 is 0 Å². The second kappa shape index (κ2) is 4.95. The van der Waals surface area contributed by atoms with Gasteiger partial charge in [0.2, 0.25) is 0 Å². The van der Waals surface area contributed by atoms with Crippen molar-refractivity contribution in [2.24, 2.45) is 0 Å². The SMILES string of the molecule is CC(=O)[C@@H](O)CNC(=O)OC(C)(C)C. The number of aliphatic hydroxyl groups is 1. The molecule has 1 atom stereocenters. The fraction of sp³-hybridized carbons (Fsp3) is 0.778. The van der Waals surface area contributed by atoms with Crippen molar-refractivity contribution in [3.05, 3.63) is 0 Å². The lowest BCUT2D eigenvalue weighted by atomic mass is 10.2. The van der Waals surface area contributed by atoms with Gasteiger partial charge in [0, 0.05) is 0 Å². The molecule has 14 heavy (non-hydrogen) atoms. The van der Waals surface area contributed by atoms with Crippen LogP contribution in [-0.4, -0.2) is 35.2 Å². The van der Waals surface area contributed by atoms with Crippen molar-refractivity contribution < 1.29 is 19.4 Å². The topological polar surface area (TPSA) is 75.6 Å². The Kier molecular flexibility index (Phi) is 4.56. The molecular formula is C9H17NO4. The van der Waals surface area contributed by atoms with Crippen LogP contribution in [0.25, 0.3) is 0 Å². The van der Waals surface area contributed by atoms with Crippen LogP contribution in [0.1, 0.15) is 27.7 Å². The molecule has 0 bridgehead atoms.